The Kier molecular flexibility index (Phi) is 23.5. The monoisotopic (exact) mass is 352 g/mol. The van der Waals surface area contributed by atoms with Crippen molar-refractivity contribution in [1.29, 1.82) is 0 Å². The van der Waals surface area contributed by atoms with Gasteiger partial charge in [0.1, 0.15) is 0 Å². The minimum Gasteiger partial charge on any atom is -0.463 e. The molecule has 0 bridgehead atoms. The normalized spacial score (nSPS) is 10.7. The van der Waals surface area contributed by atoms with Gasteiger partial charge in [-0.1, -0.05) is 96.8 Å². The van der Waals surface area contributed by atoms with Crippen LogP contribution >= 0.6 is 0 Å². The van der Waals surface area contributed by atoms with E-state index >= 15 is 0 Å². The number of hydrogen-bond acceptors (Lipinski definition) is 2. The fourth-order valence-corrected chi connectivity index (χ4v) is 2.96. The third-order valence-electron chi connectivity index (χ3n) is 4.35. The molecule has 3 heteroatoms. The predicted molar refractivity (Wildman–Crippen MR) is 109 cm³/mol. The van der Waals surface area contributed by atoms with Gasteiger partial charge in [0.15, 0.2) is 0 Å². The molecule has 0 aromatic rings. The molecular weight excluding hydrogens is 309 g/mol. The van der Waals surface area contributed by atoms with E-state index in [1.54, 1.807) is 0 Å². The summed E-state index contributed by atoms with van der Waals surface area (Å²) in [4.78, 5) is 11.4. The molecule has 2 nitrogen and oxygen atoms in total. The predicted octanol–water partition coefficient (Wildman–Crippen LogP) is 6.28. The van der Waals surface area contributed by atoms with Crippen LogP contribution in [-0.4, -0.2) is 35.1 Å². The quantitative estimate of drug-likeness (QED) is 0.175. The van der Waals surface area contributed by atoms with Crippen LogP contribution in [0.25, 0.3) is 0 Å². The Morgan fingerprint density at radius 3 is 1.33 bits per heavy atom. The van der Waals surface area contributed by atoms with Crippen molar-refractivity contribution < 1.29 is 9.53 Å². The van der Waals surface area contributed by atoms with Crippen molar-refractivity contribution in [1.82, 2.24) is 0 Å². The summed E-state index contributed by atoms with van der Waals surface area (Å²) in [5.74, 6) is -0.0327. The van der Waals surface area contributed by atoms with Gasteiger partial charge in [-0.15, -0.1) is 0 Å². The standard InChI is InChI=1S/C21H42O2.Mg.2H/c1-4-5-6-7-8-9-10-11-12-13-14-15-16-17-18-19-21(22)23-20(2)3;;;/h20H,4-19H2,1-3H3;;;. The fourth-order valence-electron chi connectivity index (χ4n) is 2.96. The van der Waals surface area contributed by atoms with Crippen LogP contribution in [0.4, 0.5) is 0 Å². The van der Waals surface area contributed by atoms with E-state index in [0.29, 0.717) is 6.42 Å². The van der Waals surface area contributed by atoms with Crippen molar-refractivity contribution in [3.8, 4) is 0 Å². The van der Waals surface area contributed by atoms with Crippen LogP contribution in [0.15, 0.2) is 0 Å². The minimum absolute atomic E-state index is 0. The Bertz CT molecular complexity index is 254. The Labute approximate surface area is 168 Å². The second-order valence-electron chi connectivity index (χ2n) is 7.24. The Morgan fingerprint density at radius 1 is 0.667 bits per heavy atom. The zero-order valence-electron chi connectivity index (χ0n) is 16.2. The SMILES string of the molecule is CCCCCCCCCCCCCCCCCC(=O)OC(C)C.[MgH2]. The molecule has 24 heavy (non-hydrogen) atoms. The van der Waals surface area contributed by atoms with Gasteiger partial charge in [0.25, 0.3) is 0 Å². The zero-order valence-corrected chi connectivity index (χ0v) is 16.2. The summed E-state index contributed by atoms with van der Waals surface area (Å²) in [7, 11) is 0. The summed E-state index contributed by atoms with van der Waals surface area (Å²) in [6.07, 6.45) is 20.9. The number of carbonyl (C=O) groups is 1. The van der Waals surface area contributed by atoms with Crippen molar-refractivity contribution in [2.45, 2.75) is 130 Å². The molecule has 0 aromatic carbocycles. The highest BCUT2D eigenvalue weighted by Crippen LogP contribution is 2.13. The molecule has 0 rings (SSSR count). The van der Waals surface area contributed by atoms with Crippen molar-refractivity contribution in [2.75, 3.05) is 0 Å². The molecule has 0 fully saturated rings. The van der Waals surface area contributed by atoms with Gasteiger partial charge in [-0.2, -0.15) is 0 Å². The van der Waals surface area contributed by atoms with Crippen molar-refractivity contribution in [2.24, 2.45) is 0 Å². The van der Waals surface area contributed by atoms with E-state index in [0.717, 1.165) is 6.42 Å². The minimum atomic E-state index is -0.0327. The van der Waals surface area contributed by atoms with Gasteiger partial charge in [0, 0.05) is 6.42 Å². The summed E-state index contributed by atoms with van der Waals surface area (Å²) in [6, 6.07) is 0. The summed E-state index contributed by atoms with van der Waals surface area (Å²) in [6.45, 7) is 6.09. The van der Waals surface area contributed by atoms with Gasteiger partial charge < -0.3 is 4.74 Å². The molecule has 0 amide bonds. The largest absolute Gasteiger partial charge is 0.463 e. The molecule has 0 aliphatic heterocycles. The van der Waals surface area contributed by atoms with Gasteiger partial charge in [0.05, 0.1) is 6.10 Å². The van der Waals surface area contributed by atoms with Crippen LogP contribution in [0, 0.1) is 0 Å². The number of esters is 1. The fraction of sp³-hybridized carbons (Fsp3) is 0.952. The van der Waals surface area contributed by atoms with Crippen molar-refractivity contribution >= 4 is 29.0 Å². The lowest BCUT2D eigenvalue weighted by Crippen LogP contribution is -2.10. The van der Waals surface area contributed by atoms with Gasteiger partial charge in [0.2, 0.25) is 0 Å². The van der Waals surface area contributed by atoms with Gasteiger partial charge in [-0.3, -0.25) is 4.79 Å². The van der Waals surface area contributed by atoms with Crippen LogP contribution < -0.4 is 0 Å². The first kappa shape index (κ1) is 26.5. The zero-order chi connectivity index (χ0) is 17.2. The molecule has 0 aromatic heterocycles. The van der Waals surface area contributed by atoms with E-state index in [4.69, 9.17) is 4.74 Å². The first-order valence-electron chi connectivity index (χ1n) is 10.4. The van der Waals surface area contributed by atoms with Crippen molar-refractivity contribution in [3.05, 3.63) is 0 Å². The maximum absolute atomic E-state index is 11.4. The summed E-state index contributed by atoms with van der Waals surface area (Å²) in [5.41, 5.74) is 0. The van der Waals surface area contributed by atoms with E-state index < -0.39 is 0 Å². The lowest BCUT2D eigenvalue weighted by molar-refractivity contribution is -0.147. The van der Waals surface area contributed by atoms with E-state index in [9.17, 15) is 4.79 Å². The summed E-state index contributed by atoms with van der Waals surface area (Å²) < 4.78 is 5.13. The first-order chi connectivity index (χ1) is 11.2. The molecule has 0 atom stereocenters. The molecular formula is C21H44MgO2. The summed E-state index contributed by atoms with van der Waals surface area (Å²) >= 11 is 0. The highest BCUT2D eigenvalue weighted by atomic mass is 24.3. The number of hydrogen-bond donors (Lipinski definition) is 0. The molecule has 0 N–H and O–H groups in total. The molecule has 0 heterocycles. The van der Waals surface area contributed by atoms with Crippen molar-refractivity contribution in [3.63, 3.8) is 0 Å². The molecule has 142 valence electrons. The Hall–Kier alpha value is 0.236. The highest BCUT2D eigenvalue weighted by Gasteiger charge is 2.04. The number of unbranched alkanes of at least 4 members (excludes halogenated alkanes) is 14. The second kappa shape index (κ2) is 21.3. The lowest BCUT2D eigenvalue weighted by atomic mass is 10.0. The van der Waals surface area contributed by atoms with Gasteiger partial charge in [-0.05, 0) is 20.3 Å². The average Bonchev–Trinajstić information content (AvgIpc) is 2.50. The molecule has 0 saturated carbocycles. The van der Waals surface area contributed by atoms with E-state index in [2.05, 4.69) is 6.92 Å². The molecule has 0 saturated heterocycles. The average molecular weight is 353 g/mol. The topological polar surface area (TPSA) is 26.3 Å². The molecule has 0 aliphatic rings. The Morgan fingerprint density at radius 2 is 1.00 bits per heavy atom. The smallest absolute Gasteiger partial charge is 0.316 e. The van der Waals surface area contributed by atoms with Gasteiger partial charge in [-0.25, -0.2) is 0 Å². The van der Waals surface area contributed by atoms with Crippen LogP contribution in [0.5, 0.6) is 0 Å². The number of rotatable bonds is 17. The van der Waals surface area contributed by atoms with Crippen LogP contribution in [-0.2, 0) is 9.53 Å². The van der Waals surface area contributed by atoms with Gasteiger partial charge >= 0.3 is 29.0 Å². The summed E-state index contributed by atoms with van der Waals surface area (Å²) in [5, 5.41) is 0. The van der Waals surface area contributed by atoms with E-state index in [-0.39, 0.29) is 35.1 Å². The molecule has 0 unspecified atom stereocenters. The maximum atomic E-state index is 11.4. The number of carbonyl (C=O) groups excluding carboxylic acids is 1. The first-order valence-corrected chi connectivity index (χ1v) is 10.4. The highest BCUT2D eigenvalue weighted by molar-refractivity contribution is 5.75. The second-order valence-corrected chi connectivity index (χ2v) is 7.24. The molecule has 0 radical (unpaired) electrons. The third-order valence-corrected chi connectivity index (χ3v) is 4.35. The third kappa shape index (κ3) is 22.2. The van der Waals surface area contributed by atoms with Crippen LogP contribution in [0.2, 0.25) is 0 Å². The van der Waals surface area contributed by atoms with Crippen LogP contribution in [0.1, 0.15) is 124 Å². The Balaban J connectivity index is 0. The van der Waals surface area contributed by atoms with E-state index in [1.807, 2.05) is 13.8 Å². The maximum Gasteiger partial charge on any atom is 0.316 e. The van der Waals surface area contributed by atoms with E-state index in [1.165, 1.54) is 89.9 Å². The van der Waals surface area contributed by atoms with Crippen LogP contribution in [0.3, 0.4) is 0 Å². The lowest BCUT2D eigenvalue weighted by Gasteiger charge is -2.07. The molecule has 0 aliphatic carbocycles. The molecule has 0 spiro atoms. The number of ether oxygens (including phenoxy) is 1.